The van der Waals surface area contributed by atoms with Crippen LogP contribution in [0, 0.1) is 5.92 Å². The molecule has 0 bridgehead atoms. The molecule has 1 aromatic rings. The summed E-state index contributed by atoms with van der Waals surface area (Å²) in [6.07, 6.45) is 1.15. The number of hydrogen-bond acceptors (Lipinski definition) is 5. The third-order valence-corrected chi connectivity index (χ3v) is 7.59. The molecular formula is C20H31N3O4S. The van der Waals surface area contributed by atoms with E-state index in [0.29, 0.717) is 25.9 Å². The van der Waals surface area contributed by atoms with Gasteiger partial charge in [-0.05, 0) is 44.4 Å². The van der Waals surface area contributed by atoms with Crippen molar-refractivity contribution in [1.29, 1.82) is 0 Å². The second-order valence-electron chi connectivity index (χ2n) is 7.50. The largest absolute Gasteiger partial charge is 0.378 e. The summed E-state index contributed by atoms with van der Waals surface area (Å²) in [7, 11) is -3.16. The van der Waals surface area contributed by atoms with Crippen LogP contribution >= 0.6 is 0 Å². The van der Waals surface area contributed by atoms with Crippen LogP contribution in [0.25, 0.3) is 0 Å². The van der Waals surface area contributed by atoms with Crippen LogP contribution < -0.4 is 10.2 Å². The molecular weight excluding hydrogens is 378 g/mol. The Bertz CT molecular complexity index is 752. The standard InChI is InChI=1S/C20H31N3O4S/c1-3-28(25,26)23-10-8-18(9-11-23)20(24)21-16(2)17-4-6-19(7-5-17)22-12-14-27-15-13-22/h4-7,16,18H,3,8-15H2,1-2H3,(H,21,24)/t16-/m0/s1. The smallest absolute Gasteiger partial charge is 0.223 e. The molecule has 0 aromatic heterocycles. The number of ether oxygens (including phenoxy) is 1. The molecule has 2 aliphatic heterocycles. The average molecular weight is 410 g/mol. The summed E-state index contributed by atoms with van der Waals surface area (Å²) < 4.78 is 30.8. The minimum Gasteiger partial charge on any atom is -0.378 e. The van der Waals surface area contributed by atoms with Gasteiger partial charge in [0.05, 0.1) is 25.0 Å². The van der Waals surface area contributed by atoms with Gasteiger partial charge in [-0.2, -0.15) is 0 Å². The first-order valence-corrected chi connectivity index (χ1v) is 11.7. The number of nitrogens with zero attached hydrogens (tertiary/aromatic N) is 2. The maximum Gasteiger partial charge on any atom is 0.223 e. The Labute approximate surface area is 168 Å². The summed E-state index contributed by atoms with van der Waals surface area (Å²) in [6, 6.07) is 8.23. The number of benzene rings is 1. The van der Waals surface area contributed by atoms with Crippen LogP contribution in [0.4, 0.5) is 5.69 Å². The van der Waals surface area contributed by atoms with E-state index >= 15 is 0 Å². The van der Waals surface area contributed by atoms with Crippen LogP contribution in [-0.2, 0) is 19.6 Å². The number of piperidine rings is 1. The fourth-order valence-electron chi connectivity index (χ4n) is 3.79. The quantitative estimate of drug-likeness (QED) is 0.775. The molecule has 7 nitrogen and oxygen atoms in total. The van der Waals surface area contributed by atoms with E-state index in [0.717, 1.165) is 31.9 Å². The molecule has 3 rings (SSSR count). The number of hydrogen-bond donors (Lipinski definition) is 1. The monoisotopic (exact) mass is 409 g/mol. The van der Waals surface area contributed by atoms with Crippen LogP contribution in [0.3, 0.4) is 0 Å². The van der Waals surface area contributed by atoms with Gasteiger partial charge in [0.15, 0.2) is 0 Å². The number of carbonyl (C=O) groups excluding carboxylic acids is 1. The van der Waals surface area contributed by atoms with E-state index in [1.54, 1.807) is 6.92 Å². The lowest BCUT2D eigenvalue weighted by Gasteiger charge is -2.31. The maximum absolute atomic E-state index is 12.6. The van der Waals surface area contributed by atoms with E-state index < -0.39 is 10.0 Å². The van der Waals surface area contributed by atoms with E-state index in [9.17, 15) is 13.2 Å². The van der Waals surface area contributed by atoms with E-state index in [2.05, 4.69) is 34.5 Å². The zero-order valence-corrected chi connectivity index (χ0v) is 17.6. The van der Waals surface area contributed by atoms with Crippen LogP contribution in [0.5, 0.6) is 0 Å². The van der Waals surface area contributed by atoms with Crippen LogP contribution in [0.15, 0.2) is 24.3 Å². The number of morpholine rings is 1. The summed E-state index contributed by atoms with van der Waals surface area (Å²) in [4.78, 5) is 14.9. The number of rotatable bonds is 6. The Morgan fingerprint density at radius 2 is 1.75 bits per heavy atom. The fourth-order valence-corrected chi connectivity index (χ4v) is 4.92. The first-order chi connectivity index (χ1) is 13.4. The van der Waals surface area contributed by atoms with Gasteiger partial charge < -0.3 is 15.0 Å². The highest BCUT2D eigenvalue weighted by atomic mass is 32.2. The molecule has 156 valence electrons. The molecule has 0 saturated carbocycles. The van der Waals surface area contributed by atoms with Crippen molar-refractivity contribution in [2.75, 3.05) is 50.0 Å². The second kappa shape index (κ2) is 9.24. The first kappa shape index (κ1) is 21.1. The van der Waals surface area contributed by atoms with Gasteiger partial charge in [0.25, 0.3) is 0 Å². The van der Waals surface area contributed by atoms with Crippen molar-refractivity contribution in [3.05, 3.63) is 29.8 Å². The minimum absolute atomic E-state index is 0.0123. The molecule has 2 fully saturated rings. The molecule has 0 radical (unpaired) electrons. The highest BCUT2D eigenvalue weighted by molar-refractivity contribution is 7.89. The van der Waals surface area contributed by atoms with Crippen molar-refractivity contribution in [2.45, 2.75) is 32.7 Å². The van der Waals surface area contributed by atoms with Crippen molar-refractivity contribution >= 4 is 21.6 Å². The fraction of sp³-hybridized carbons (Fsp3) is 0.650. The van der Waals surface area contributed by atoms with Crippen molar-refractivity contribution in [2.24, 2.45) is 5.92 Å². The predicted octanol–water partition coefficient (Wildman–Crippen LogP) is 1.76. The summed E-state index contributed by atoms with van der Waals surface area (Å²) in [5.74, 6) is -0.00174. The minimum atomic E-state index is -3.16. The van der Waals surface area contributed by atoms with Gasteiger partial charge in [0.2, 0.25) is 15.9 Å². The molecule has 0 spiro atoms. The van der Waals surface area contributed by atoms with Crippen LogP contribution in [0.2, 0.25) is 0 Å². The summed E-state index contributed by atoms with van der Waals surface area (Å²) in [6.45, 7) is 7.81. The lowest BCUT2D eigenvalue weighted by Crippen LogP contribution is -2.43. The lowest BCUT2D eigenvalue weighted by atomic mass is 9.96. The van der Waals surface area contributed by atoms with Gasteiger partial charge in [0.1, 0.15) is 0 Å². The molecule has 1 aromatic carbocycles. The highest BCUT2D eigenvalue weighted by Gasteiger charge is 2.30. The van der Waals surface area contributed by atoms with Gasteiger partial charge in [-0.15, -0.1) is 0 Å². The Balaban J connectivity index is 1.51. The van der Waals surface area contributed by atoms with E-state index in [1.807, 2.05) is 6.92 Å². The van der Waals surface area contributed by atoms with E-state index in [-0.39, 0.29) is 23.6 Å². The first-order valence-electron chi connectivity index (χ1n) is 10.1. The second-order valence-corrected chi connectivity index (χ2v) is 9.75. The Morgan fingerprint density at radius 3 is 2.32 bits per heavy atom. The summed E-state index contributed by atoms with van der Waals surface area (Å²) in [5, 5.41) is 3.09. The number of carbonyl (C=O) groups is 1. The number of nitrogens with one attached hydrogen (secondary N) is 1. The lowest BCUT2D eigenvalue weighted by molar-refractivity contribution is -0.126. The van der Waals surface area contributed by atoms with Gasteiger partial charge in [-0.3, -0.25) is 4.79 Å². The Morgan fingerprint density at radius 1 is 1.14 bits per heavy atom. The zero-order chi connectivity index (χ0) is 20.1. The van der Waals surface area contributed by atoms with Gasteiger partial charge in [0, 0.05) is 37.8 Å². The summed E-state index contributed by atoms with van der Waals surface area (Å²) >= 11 is 0. The maximum atomic E-state index is 12.6. The van der Waals surface area contributed by atoms with Crippen molar-refractivity contribution in [3.8, 4) is 0 Å². The molecule has 2 aliphatic rings. The van der Waals surface area contributed by atoms with Gasteiger partial charge >= 0.3 is 0 Å². The molecule has 8 heteroatoms. The molecule has 1 N–H and O–H groups in total. The van der Waals surface area contributed by atoms with Crippen LogP contribution in [-0.4, -0.2) is 63.8 Å². The highest BCUT2D eigenvalue weighted by Crippen LogP contribution is 2.23. The molecule has 1 amide bonds. The van der Waals surface area contributed by atoms with E-state index in [4.69, 9.17) is 4.74 Å². The average Bonchev–Trinajstić information content (AvgIpc) is 2.74. The number of anilines is 1. The summed E-state index contributed by atoms with van der Waals surface area (Å²) in [5.41, 5.74) is 2.24. The Hall–Kier alpha value is -1.64. The van der Waals surface area contributed by atoms with Gasteiger partial charge in [-0.25, -0.2) is 12.7 Å². The van der Waals surface area contributed by atoms with Crippen molar-refractivity contribution < 1.29 is 17.9 Å². The van der Waals surface area contributed by atoms with Gasteiger partial charge in [-0.1, -0.05) is 12.1 Å². The van der Waals surface area contributed by atoms with Crippen molar-refractivity contribution in [3.63, 3.8) is 0 Å². The molecule has 28 heavy (non-hydrogen) atoms. The van der Waals surface area contributed by atoms with Crippen LogP contribution in [0.1, 0.15) is 38.3 Å². The predicted molar refractivity (Wildman–Crippen MR) is 110 cm³/mol. The molecule has 2 saturated heterocycles. The van der Waals surface area contributed by atoms with E-state index in [1.165, 1.54) is 9.99 Å². The normalized spacial score (nSPS) is 20.7. The molecule has 0 aliphatic carbocycles. The number of sulfonamides is 1. The SMILES string of the molecule is CCS(=O)(=O)N1CCC(C(=O)N[C@@H](C)c2ccc(N3CCOCC3)cc2)CC1. The third kappa shape index (κ3) is 5.04. The molecule has 0 unspecified atom stereocenters. The Kier molecular flexibility index (Phi) is 6.95. The zero-order valence-electron chi connectivity index (χ0n) is 16.8. The van der Waals surface area contributed by atoms with Crippen molar-refractivity contribution in [1.82, 2.24) is 9.62 Å². The molecule has 1 atom stereocenters. The molecule has 2 heterocycles. The topological polar surface area (TPSA) is 79.0 Å². The number of amides is 1. The third-order valence-electron chi connectivity index (χ3n) is 5.71.